The molecule has 0 aliphatic carbocycles. The van der Waals surface area contributed by atoms with Crippen molar-refractivity contribution in [1.29, 1.82) is 0 Å². The normalized spacial score (nSPS) is 15.8. The molecule has 0 radical (unpaired) electrons. The summed E-state index contributed by atoms with van der Waals surface area (Å²) in [4.78, 5) is 13.6. The maximum Gasteiger partial charge on any atom is 0.205 e. The summed E-state index contributed by atoms with van der Waals surface area (Å²) in [5, 5.41) is 4.51. The van der Waals surface area contributed by atoms with Crippen LogP contribution in [0.25, 0.3) is 0 Å². The Morgan fingerprint density at radius 2 is 1.89 bits per heavy atom. The van der Waals surface area contributed by atoms with Gasteiger partial charge in [-0.25, -0.2) is 9.37 Å². The van der Waals surface area contributed by atoms with Gasteiger partial charge in [-0.05, 0) is 17.7 Å². The molecule has 1 N–H and O–H groups in total. The Labute approximate surface area is 170 Å². The van der Waals surface area contributed by atoms with Gasteiger partial charge in [0.05, 0.1) is 0 Å². The lowest BCUT2D eigenvalue weighted by Crippen LogP contribution is -2.54. The molecule has 0 atom stereocenters. The molecule has 1 saturated heterocycles. The number of nitrogens with zero attached hydrogens (tertiary/aromatic N) is 5. The van der Waals surface area contributed by atoms with E-state index in [1.807, 2.05) is 19.2 Å². The number of benzene rings is 1. The molecular weight excluding hydrogens is 375 g/mol. The highest BCUT2D eigenvalue weighted by atomic mass is 32.1. The Morgan fingerprint density at radius 3 is 2.46 bits per heavy atom. The van der Waals surface area contributed by atoms with E-state index in [0.717, 1.165) is 61.6 Å². The molecular formula is C20H29FN6S. The monoisotopic (exact) mass is 404 g/mol. The van der Waals surface area contributed by atoms with Crippen LogP contribution in [0.15, 0.2) is 29.3 Å². The van der Waals surface area contributed by atoms with E-state index < -0.39 is 0 Å². The average molecular weight is 405 g/mol. The first-order valence-corrected chi connectivity index (χ1v) is 10.5. The molecule has 8 heteroatoms. The van der Waals surface area contributed by atoms with Crippen molar-refractivity contribution in [2.24, 2.45) is 4.99 Å². The topological polar surface area (TPSA) is 56.7 Å². The zero-order valence-corrected chi connectivity index (χ0v) is 17.9. The second-order valence-electron chi connectivity index (χ2n) is 7.61. The first-order valence-electron chi connectivity index (χ1n) is 9.72. The van der Waals surface area contributed by atoms with Gasteiger partial charge in [0.1, 0.15) is 11.6 Å². The largest absolute Gasteiger partial charge is 0.355 e. The Kier molecular flexibility index (Phi) is 6.49. The highest BCUT2D eigenvalue weighted by Crippen LogP contribution is 2.23. The van der Waals surface area contributed by atoms with Gasteiger partial charge in [0.25, 0.3) is 0 Å². The van der Waals surface area contributed by atoms with E-state index in [-0.39, 0.29) is 11.2 Å². The molecule has 2 aromatic rings. The standard InChI is InChI=1S/C20H29FN6S/c1-5-17-24-19(28-25-17)27-12-10-26(11-13-27)18(22-4)23-14-20(2,3)15-6-8-16(21)9-7-15/h6-9H,5,10-14H2,1-4H3,(H,22,23). The van der Waals surface area contributed by atoms with Gasteiger partial charge in [-0.1, -0.05) is 32.9 Å². The predicted molar refractivity (Wildman–Crippen MR) is 114 cm³/mol. The van der Waals surface area contributed by atoms with E-state index in [1.54, 1.807) is 0 Å². The van der Waals surface area contributed by atoms with Crippen LogP contribution in [0, 0.1) is 5.82 Å². The van der Waals surface area contributed by atoms with Gasteiger partial charge < -0.3 is 15.1 Å². The molecule has 2 heterocycles. The van der Waals surface area contributed by atoms with Crippen LogP contribution in [0.5, 0.6) is 0 Å². The van der Waals surface area contributed by atoms with Crippen molar-refractivity contribution in [2.75, 3.05) is 44.7 Å². The fourth-order valence-corrected chi connectivity index (χ4v) is 4.06. The minimum atomic E-state index is -0.206. The number of hydrogen-bond donors (Lipinski definition) is 1. The fraction of sp³-hybridized carbons (Fsp3) is 0.550. The van der Waals surface area contributed by atoms with Gasteiger partial charge in [-0.15, -0.1) is 0 Å². The Hall–Kier alpha value is -2.22. The quantitative estimate of drug-likeness (QED) is 0.613. The summed E-state index contributed by atoms with van der Waals surface area (Å²) in [7, 11) is 1.82. The SMILES string of the molecule is CCc1nsc(N2CCN(C(=NC)NCC(C)(C)c3ccc(F)cc3)CC2)n1. The Morgan fingerprint density at radius 1 is 1.21 bits per heavy atom. The summed E-state index contributed by atoms with van der Waals surface area (Å²) < 4.78 is 17.6. The van der Waals surface area contributed by atoms with E-state index in [9.17, 15) is 4.39 Å². The first kappa shape index (κ1) is 20.5. The van der Waals surface area contributed by atoms with Gasteiger partial charge >= 0.3 is 0 Å². The van der Waals surface area contributed by atoms with Crippen LogP contribution in [0.3, 0.4) is 0 Å². The number of aliphatic imine (C=N–C) groups is 1. The number of anilines is 1. The summed E-state index contributed by atoms with van der Waals surface area (Å²) >= 11 is 1.48. The highest BCUT2D eigenvalue weighted by molar-refractivity contribution is 7.09. The maximum atomic E-state index is 13.2. The van der Waals surface area contributed by atoms with Gasteiger partial charge in [0, 0.05) is 63.1 Å². The molecule has 0 bridgehead atoms. The zero-order valence-electron chi connectivity index (χ0n) is 17.1. The van der Waals surface area contributed by atoms with Crippen LogP contribution in [0.1, 0.15) is 32.2 Å². The van der Waals surface area contributed by atoms with E-state index in [0.29, 0.717) is 0 Å². The number of rotatable bonds is 5. The third-order valence-corrected chi connectivity index (χ3v) is 5.96. The van der Waals surface area contributed by atoms with E-state index in [1.165, 1.54) is 23.7 Å². The average Bonchev–Trinajstić information content (AvgIpc) is 3.18. The van der Waals surface area contributed by atoms with Crippen molar-refractivity contribution in [1.82, 2.24) is 19.6 Å². The van der Waals surface area contributed by atoms with Crippen LogP contribution >= 0.6 is 11.5 Å². The lowest BCUT2D eigenvalue weighted by Gasteiger charge is -2.37. The molecule has 0 spiro atoms. The highest BCUT2D eigenvalue weighted by Gasteiger charge is 2.25. The van der Waals surface area contributed by atoms with Crippen LogP contribution in [0.2, 0.25) is 0 Å². The second kappa shape index (κ2) is 8.86. The van der Waals surface area contributed by atoms with Gasteiger partial charge in [-0.3, -0.25) is 4.99 Å². The zero-order chi connectivity index (χ0) is 20.1. The molecule has 0 amide bonds. The van der Waals surface area contributed by atoms with Gasteiger partial charge in [0.15, 0.2) is 5.96 Å². The number of aromatic nitrogens is 2. The second-order valence-corrected chi connectivity index (χ2v) is 8.34. The molecule has 1 aliphatic heterocycles. The van der Waals surface area contributed by atoms with E-state index in [4.69, 9.17) is 0 Å². The van der Waals surface area contributed by atoms with Crippen molar-refractivity contribution < 1.29 is 4.39 Å². The molecule has 28 heavy (non-hydrogen) atoms. The number of halogens is 1. The smallest absolute Gasteiger partial charge is 0.205 e. The van der Waals surface area contributed by atoms with Gasteiger partial charge in [0.2, 0.25) is 5.13 Å². The van der Waals surface area contributed by atoms with Crippen LogP contribution in [-0.4, -0.2) is 60.0 Å². The van der Waals surface area contributed by atoms with Crippen LogP contribution in [0.4, 0.5) is 9.52 Å². The van der Waals surface area contributed by atoms with Crippen molar-refractivity contribution in [3.8, 4) is 0 Å². The van der Waals surface area contributed by atoms with E-state index in [2.05, 4.69) is 50.2 Å². The Balaban J connectivity index is 1.55. The van der Waals surface area contributed by atoms with Crippen molar-refractivity contribution >= 4 is 22.6 Å². The fourth-order valence-electron chi connectivity index (χ4n) is 3.26. The first-order chi connectivity index (χ1) is 13.4. The number of hydrogen-bond acceptors (Lipinski definition) is 5. The minimum absolute atomic E-state index is 0.130. The van der Waals surface area contributed by atoms with Gasteiger partial charge in [-0.2, -0.15) is 4.37 Å². The minimum Gasteiger partial charge on any atom is -0.355 e. The molecule has 1 aromatic heterocycles. The lowest BCUT2D eigenvalue weighted by atomic mass is 9.84. The summed E-state index contributed by atoms with van der Waals surface area (Å²) in [5.74, 6) is 1.62. The maximum absolute atomic E-state index is 13.2. The molecule has 3 rings (SSSR count). The number of aryl methyl sites for hydroxylation is 1. The van der Waals surface area contributed by atoms with Crippen LogP contribution in [-0.2, 0) is 11.8 Å². The molecule has 152 valence electrons. The van der Waals surface area contributed by atoms with Crippen molar-refractivity contribution in [3.05, 3.63) is 41.5 Å². The lowest BCUT2D eigenvalue weighted by molar-refractivity contribution is 0.366. The third-order valence-electron chi connectivity index (χ3n) is 5.15. The number of guanidine groups is 1. The molecule has 1 aliphatic rings. The summed E-state index contributed by atoms with van der Waals surface area (Å²) in [6.07, 6.45) is 0.872. The summed E-state index contributed by atoms with van der Waals surface area (Å²) in [6, 6.07) is 6.74. The predicted octanol–water partition coefficient (Wildman–Crippen LogP) is 2.91. The summed E-state index contributed by atoms with van der Waals surface area (Å²) in [6.45, 7) is 10.7. The van der Waals surface area contributed by atoms with Crippen molar-refractivity contribution in [2.45, 2.75) is 32.6 Å². The van der Waals surface area contributed by atoms with Crippen LogP contribution < -0.4 is 10.2 Å². The molecule has 1 aromatic carbocycles. The summed E-state index contributed by atoms with van der Waals surface area (Å²) in [5.41, 5.74) is 0.971. The number of nitrogens with one attached hydrogen (secondary N) is 1. The van der Waals surface area contributed by atoms with E-state index >= 15 is 0 Å². The Bertz CT molecular complexity index is 793. The molecule has 1 fully saturated rings. The molecule has 6 nitrogen and oxygen atoms in total. The van der Waals surface area contributed by atoms with Crippen molar-refractivity contribution in [3.63, 3.8) is 0 Å². The molecule has 0 unspecified atom stereocenters. The third kappa shape index (κ3) is 4.79. The molecule has 0 saturated carbocycles. The number of piperazine rings is 1.